The first-order valence-corrected chi connectivity index (χ1v) is 9.04. The smallest absolute Gasteiger partial charge is 0.321 e. The third-order valence-corrected chi connectivity index (χ3v) is 4.83. The van der Waals surface area contributed by atoms with Gasteiger partial charge in [0.05, 0.1) is 20.3 Å². The first kappa shape index (κ1) is 18.1. The minimum Gasteiger partial charge on any atom is -0.493 e. The number of aromatic nitrogens is 1. The molecule has 26 heavy (non-hydrogen) atoms. The van der Waals surface area contributed by atoms with Crippen LogP contribution in [0, 0.1) is 0 Å². The highest BCUT2D eigenvalue weighted by molar-refractivity contribution is 8.14. The molecule has 2 amide bonds. The van der Waals surface area contributed by atoms with Gasteiger partial charge in [0.15, 0.2) is 16.7 Å². The number of aliphatic imine (C=N–C) groups is 1. The SMILES string of the molecule is COc1ccc(CNC(=O)NC2=NC(c3ccncc3)CS2)cc1OC. The topological polar surface area (TPSA) is 84.8 Å². The predicted molar refractivity (Wildman–Crippen MR) is 102 cm³/mol. The van der Waals surface area contributed by atoms with Gasteiger partial charge in [-0.25, -0.2) is 4.79 Å². The van der Waals surface area contributed by atoms with E-state index in [1.807, 2.05) is 30.3 Å². The highest BCUT2D eigenvalue weighted by atomic mass is 32.2. The number of amides is 2. The fourth-order valence-electron chi connectivity index (χ4n) is 2.51. The zero-order valence-corrected chi connectivity index (χ0v) is 15.4. The maximum absolute atomic E-state index is 12.1. The lowest BCUT2D eigenvalue weighted by atomic mass is 10.1. The molecule has 1 aliphatic heterocycles. The van der Waals surface area contributed by atoms with Gasteiger partial charge in [-0.2, -0.15) is 0 Å². The summed E-state index contributed by atoms with van der Waals surface area (Å²) >= 11 is 1.53. The van der Waals surface area contributed by atoms with Crippen LogP contribution >= 0.6 is 11.8 Å². The number of rotatable bonds is 5. The Morgan fingerprint density at radius 1 is 1.19 bits per heavy atom. The summed E-state index contributed by atoms with van der Waals surface area (Å²) in [7, 11) is 3.17. The van der Waals surface area contributed by atoms with Crippen molar-refractivity contribution in [2.24, 2.45) is 4.99 Å². The van der Waals surface area contributed by atoms with E-state index in [4.69, 9.17) is 9.47 Å². The van der Waals surface area contributed by atoms with Gasteiger partial charge in [-0.1, -0.05) is 17.8 Å². The summed E-state index contributed by atoms with van der Waals surface area (Å²) in [6, 6.07) is 9.15. The van der Waals surface area contributed by atoms with Crippen LogP contribution < -0.4 is 20.1 Å². The van der Waals surface area contributed by atoms with Crippen LogP contribution in [-0.2, 0) is 6.54 Å². The zero-order valence-electron chi connectivity index (χ0n) is 14.6. The third kappa shape index (κ3) is 4.45. The van der Waals surface area contributed by atoms with Crippen molar-refractivity contribution in [2.75, 3.05) is 20.0 Å². The highest BCUT2D eigenvalue weighted by Gasteiger charge is 2.21. The van der Waals surface area contributed by atoms with E-state index in [9.17, 15) is 4.79 Å². The lowest BCUT2D eigenvalue weighted by Gasteiger charge is -2.10. The molecular weight excluding hydrogens is 352 g/mol. The fraction of sp³-hybridized carbons (Fsp3) is 0.278. The van der Waals surface area contributed by atoms with E-state index in [0.29, 0.717) is 23.2 Å². The monoisotopic (exact) mass is 372 g/mol. The minimum atomic E-state index is -0.290. The second-order valence-electron chi connectivity index (χ2n) is 5.54. The number of nitrogens with one attached hydrogen (secondary N) is 2. The van der Waals surface area contributed by atoms with Gasteiger partial charge in [0.1, 0.15) is 0 Å². The largest absolute Gasteiger partial charge is 0.493 e. The van der Waals surface area contributed by atoms with Crippen LogP contribution in [0.5, 0.6) is 11.5 Å². The second-order valence-corrected chi connectivity index (χ2v) is 6.55. The number of urea groups is 1. The number of benzene rings is 1. The van der Waals surface area contributed by atoms with E-state index in [-0.39, 0.29) is 12.1 Å². The molecule has 1 aromatic heterocycles. The molecule has 0 bridgehead atoms. The Hall–Kier alpha value is -2.74. The molecule has 1 aromatic carbocycles. The summed E-state index contributed by atoms with van der Waals surface area (Å²) in [5.41, 5.74) is 2.00. The zero-order chi connectivity index (χ0) is 18.4. The standard InChI is InChI=1S/C18H20N4O3S/c1-24-15-4-3-12(9-16(15)25-2)10-20-17(23)22-18-21-14(11-26-18)13-5-7-19-8-6-13/h3-9,14H,10-11H2,1-2H3,(H2,20,21,22,23). The van der Waals surface area contributed by atoms with Crippen LogP contribution in [-0.4, -0.2) is 36.2 Å². The van der Waals surface area contributed by atoms with Crippen LogP contribution in [0.15, 0.2) is 47.7 Å². The van der Waals surface area contributed by atoms with Gasteiger partial charge in [0, 0.05) is 24.7 Å². The number of methoxy groups -OCH3 is 2. The third-order valence-electron chi connectivity index (χ3n) is 3.86. The number of hydrogen-bond acceptors (Lipinski definition) is 6. The van der Waals surface area contributed by atoms with Gasteiger partial charge in [0.2, 0.25) is 0 Å². The summed E-state index contributed by atoms with van der Waals surface area (Å²) in [5.74, 6) is 2.08. The lowest BCUT2D eigenvalue weighted by molar-refractivity contribution is 0.245. The van der Waals surface area contributed by atoms with Crippen LogP contribution in [0.1, 0.15) is 17.2 Å². The summed E-state index contributed by atoms with van der Waals surface area (Å²) in [6.07, 6.45) is 3.49. The fourth-order valence-corrected chi connectivity index (χ4v) is 3.46. The van der Waals surface area contributed by atoms with Crippen molar-refractivity contribution in [3.8, 4) is 11.5 Å². The summed E-state index contributed by atoms with van der Waals surface area (Å²) < 4.78 is 10.5. The Labute approximate surface area is 156 Å². The van der Waals surface area contributed by atoms with Crippen molar-refractivity contribution in [3.63, 3.8) is 0 Å². The van der Waals surface area contributed by atoms with Gasteiger partial charge in [-0.3, -0.25) is 15.3 Å². The van der Waals surface area contributed by atoms with Crippen molar-refractivity contribution < 1.29 is 14.3 Å². The maximum Gasteiger partial charge on any atom is 0.321 e. The average Bonchev–Trinajstić information content (AvgIpc) is 3.15. The predicted octanol–water partition coefficient (Wildman–Crippen LogP) is 2.74. The summed E-state index contributed by atoms with van der Waals surface area (Å²) in [4.78, 5) is 20.7. The molecule has 0 spiro atoms. The highest BCUT2D eigenvalue weighted by Crippen LogP contribution is 2.29. The van der Waals surface area contributed by atoms with Crippen LogP contribution in [0.25, 0.3) is 0 Å². The number of ether oxygens (including phenoxy) is 2. The maximum atomic E-state index is 12.1. The van der Waals surface area contributed by atoms with Crippen LogP contribution in [0.4, 0.5) is 4.79 Å². The van der Waals surface area contributed by atoms with Crippen molar-refractivity contribution in [1.29, 1.82) is 0 Å². The number of pyridine rings is 1. The van der Waals surface area contributed by atoms with Gasteiger partial charge in [-0.15, -0.1) is 0 Å². The second kappa shape index (κ2) is 8.57. The van der Waals surface area contributed by atoms with Crippen molar-refractivity contribution >= 4 is 23.0 Å². The molecule has 2 heterocycles. The number of thioether (sulfide) groups is 1. The molecular formula is C18H20N4O3S. The molecule has 136 valence electrons. The molecule has 1 unspecified atom stereocenters. The lowest BCUT2D eigenvalue weighted by Crippen LogP contribution is -2.37. The van der Waals surface area contributed by atoms with E-state index in [2.05, 4.69) is 20.6 Å². The molecule has 0 radical (unpaired) electrons. The summed E-state index contributed by atoms with van der Waals surface area (Å²) in [5, 5.41) is 6.23. The van der Waals surface area contributed by atoms with Crippen LogP contribution in [0.3, 0.4) is 0 Å². The van der Waals surface area contributed by atoms with E-state index < -0.39 is 0 Å². The van der Waals surface area contributed by atoms with E-state index in [1.54, 1.807) is 26.6 Å². The molecule has 0 saturated heterocycles. The van der Waals surface area contributed by atoms with E-state index in [0.717, 1.165) is 16.9 Å². The molecule has 1 atom stereocenters. The van der Waals surface area contributed by atoms with Crippen molar-refractivity contribution in [2.45, 2.75) is 12.6 Å². The first-order chi connectivity index (χ1) is 12.7. The average molecular weight is 372 g/mol. The number of carbonyl (C=O) groups excluding carboxylic acids is 1. The Balaban J connectivity index is 1.53. The summed E-state index contributed by atoms with van der Waals surface area (Å²) in [6.45, 7) is 0.373. The Morgan fingerprint density at radius 2 is 1.96 bits per heavy atom. The quantitative estimate of drug-likeness (QED) is 0.843. The van der Waals surface area contributed by atoms with Crippen LogP contribution in [0.2, 0.25) is 0 Å². The van der Waals surface area contributed by atoms with Crippen molar-refractivity contribution in [3.05, 3.63) is 53.9 Å². The molecule has 0 saturated carbocycles. The normalized spacial score (nSPS) is 15.9. The Kier molecular flexibility index (Phi) is 5.96. The minimum absolute atomic E-state index is 0.0455. The number of nitrogens with zero attached hydrogens (tertiary/aromatic N) is 2. The molecule has 2 N–H and O–H groups in total. The number of amidine groups is 1. The molecule has 0 fully saturated rings. The van der Waals surface area contributed by atoms with E-state index >= 15 is 0 Å². The molecule has 1 aliphatic rings. The Morgan fingerprint density at radius 3 is 2.69 bits per heavy atom. The molecule has 3 rings (SSSR count). The van der Waals surface area contributed by atoms with Gasteiger partial charge >= 0.3 is 6.03 Å². The first-order valence-electron chi connectivity index (χ1n) is 8.06. The molecule has 2 aromatic rings. The van der Waals surface area contributed by atoms with Crippen molar-refractivity contribution in [1.82, 2.24) is 15.6 Å². The molecule has 7 nitrogen and oxygen atoms in total. The van der Waals surface area contributed by atoms with Gasteiger partial charge < -0.3 is 14.8 Å². The number of carbonyl (C=O) groups is 1. The number of hydrogen-bond donors (Lipinski definition) is 2. The Bertz CT molecular complexity index is 798. The van der Waals surface area contributed by atoms with E-state index in [1.165, 1.54) is 11.8 Å². The molecule has 0 aliphatic carbocycles. The molecule has 8 heteroatoms. The van der Waals surface area contributed by atoms with Gasteiger partial charge in [-0.05, 0) is 35.4 Å². The van der Waals surface area contributed by atoms with Gasteiger partial charge in [0.25, 0.3) is 0 Å².